The van der Waals surface area contributed by atoms with E-state index in [1.54, 1.807) is 29.4 Å². The van der Waals surface area contributed by atoms with Gasteiger partial charge in [0.1, 0.15) is 6.10 Å². The first-order chi connectivity index (χ1) is 12.5. The van der Waals surface area contributed by atoms with Gasteiger partial charge in [-0.15, -0.1) is 12.6 Å². The van der Waals surface area contributed by atoms with E-state index in [1.807, 2.05) is 24.3 Å². The lowest BCUT2D eigenvalue weighted by Gasteiger charge is -2.36. The molecule has 7 heteroatoms. The number of aliphatic hydroxyl groups excluding tert-OH is 1. The fraction of sp³-hybridized carbons (Fsp3) is 0.368. The lowest BCUT2D eigenvalue weighted by molar-refractivity contribution is -0.137. The van der Waals surface area contributed by atoms with Crippen LogP contribution in [0.25, 0.3) is 0 Å². The van der Waals surface area contributed by atoms with Crippen molar-refractivity contribution in [2.24, 2.45) is 0 Å². The molecule has 3 rings (SSSR count). The van der Waals surface area contributed by atoms with Crippen LogP contribution < -0.4 is 5.32 Å². The van der Waals surface area contributed by atoms with Crippen LogP contribution in [-0.2, 0) is 11.3 Å². The number of amides is 1. The minimum absolute atomic E-state index is 0.187. The molecule has 5 nitrogen and oxygen atoms in total. The molecular formula is C19H22IN3O2S. The molecular weight excluding hydrogens is 461 g/mol. The van der Waals surface area contributed by atoms with Crippen molar-refractivity contribution in [1.82, 2.24) is 15.2 Å². The Balaban J connectivity index is 1.86. The highest BCUT2D eigenvalue weighted by Crippen LogP contribution is 2.32. The molecule has 26 heavy (non-hydrogen) atoms. The Bertz CT molecular complexity index is 755. The van der Waals surface area contributed by atoms with E-state index in [0.29, 0.717) is 25.2 Å². The summed E-state index contributed by atoms with van der Waals surface area (Å²) < 4.78 is 1.12. The van der Waals surface area contributed by atoms with Crippen molar-refractivity contribution in [2.75, 3.05) is 13.1 Å². The first kappa shape index (κ1) is 19.6. The number of nitrogens with zero attached hydrogens (tertiary/aromatic N) is 2. The van der Waals surface area contributed by atoms with Gasteiger partial charge in [-0.1, -0.05) is 12.1 Å². The van der Waals surface area contributed by atoms with E-state index in [-0.39, 0.29) is 5.91 Å². The number of aliphatic hydroxyl groups is 1. The lowest BCUT2D eigenvalue weighted by atomic mass is 10.0. The number of hydrogen-bond acceptors (Lipinski definition) is 5. The van der Waals surface area contributed by atoms with Crippen molar-refractivity contribution < 1.29 is 9.90 Å². The second-order valence-electron chi connectivity index (χ2n) is 6.43. The van der Waals surface area contributed by atoms with Gasteiger partial charge in [0.2, 0.25) is 0 Å². The van der Waals surface area contributed by atoms with Crippen LogP contribution in [-0.4, -0.2) is 38.9 Å². The Hall–Kier alpha value is -1.16. The van der Waals surface area contributed by atoms with Gasteiger partial charge in [-0.2, -0.15) is 0 Å². The molecule has 2 heterocycles. The van der Waals surface area contributed by atoms with Gasteiger partial charge in [-0.05, 0) is 70.8 Å². The van der Waals surface area contributed by atoms with Crippen LogP contribution in [0.4, 0.5) is 0 Å². The largest absolute Gasteiger partial charge is 0.385 e. The van der Waals surface area contributed by atoms with Crippen LogP contribution in [0.2, 0.25) is 0 Å². The molecule has 0 radical (unpaired) electrons. The van der Waals surface area contributed by atoms with Gasteiger partial charge in [-0.3, -0.25) is 15.1 Å². The van der Waals surface area contributed by atoms with E-state index in [0.717, 1.165) is 22.0 Å². The minimum Gasteiger partial charge on any atom is -0.385 e. The molecule has 2 N–H and O–H groups in total. The average molecular weight is 483 g/mol. The van der Waals surface area contributed by atoms with Crippen molar-refractivity contribution in [1.29, 1.82) is 0 Å². The van der Waals surface area contributed by atoms with Gasteiger partial charge >= 0.3 is 0 Å². The van der Waals surface area contributed by atoms with E-state index < -0.39 is 11.0 Å². The van der Waals surface area contributed by atoms with Crippen molar-refractivity contribution in [2.45, 2.75) is 30.4 Å². The van der Waals surface area contributed by atoms with Crippen LogP contribution in [0.3, 0.4) is 0 Å². The quantitative estimate of drug-likeness (QED) is 0.336. The third-order valence-electron chi connectivity index (χ3n) is 4.59. The molecule has 0 saturated carbocycles. The van der Waals surface area contributed by atoms with Crippen LogP contribution in [0.15, 0.2) is 48.8 Å². The fourth-order valence-corrected chi connectivity index (χ4v) is 4.10. The Morgan fingerprint density at radius 3 is 2.65 bits per heavy atom. The van der Waals surface area contributed by atoms with E-state index >= 15 is 0 Å². The summed E-state index contributed by atoms with van der Waals surface area (Å²) in [5.41, 5.74) is 1.64. The molecule has 0 aliphatic carbocycles. The zero-order chi connectivity index (χ0) is 18.6. The Morgan fingerprint density at radius 2 is 2.00 bits per heavy atom. The summed E-state index contributed by atoms with van der Waals surface area (Å²) in [6.07, 6.45) is 4.08. The summed E-state index contributed by atoms with van der Waals surface area (Å²) in [5.74, 6) is -0.187. The zero-order valence-corrected chi connectivity index (χ0v) is 17.4. The number of carbonyl (C=O) groups excluding carboxylic acids is 1. The molecule has 138 valence electrons. The Kier molecular flexibility index (Phi) is 6.55. The summed E-state index contributed by atoms with van der Waals surface area (Å²) in [4.78, 5) is 17.5. The van der Waals surface area contributed by atoms with Crippen LogP contribution in [0, 0.1) is 3.57 Å². The van der Waals surface area contributed by atoms with Crippen molar-refractivity contribution >= 4 is 41.1 Å². The van der Waals surface area contributed by atoms with E-state index in [1.165, 1.54) is 0 Å². The van der Waals surface area contributed by atoms with Crippen molar-refractivity contribution in [3.63, 3.8) is 0 Å². The predicted octanol–water partition coefficient (Wildman–Crippen LogP) is 2.76. The number of aromatic nitrogens is 1. The molecule has 1 aromatic heterocycles. The standard InChI is InChI=1S/C19H22IN3O2S/c20-16-5-3-4-14(12-16)13-22-19(26,18(25)23-10-1-2-11-23)17(24)15-6-8-21-9-7-15/h3-9,12,17,22,24,26H,1-2,10-11,13H2/t17-,19+/m1/s1. The molecule has 0 unspecified atom stereocenters. The van der Waals surface area contributed by atoms with Crippen molar-refractivity contribution in [3.8, 4) is 0 Å². The number of benzene rings is 1. The van der Waals surface area contributed by atoms with E-state index in [2.05, 4.69) is 45.5 Å². The number of hydrogen-bond donors (Lipinski definition) is 3. The maximum absolute atomic E-state index is 13.2. The van der Waals surface area contributed by atoms with Crippen molar-refractivity contribution in [3.05, 3.63) is 63.5 Å². The van der Waals surface area contributed by atoms with Gasteiger partial charge in [0.05, 0.1) is 0 Å². The molecule has 1 fully saturated rings. The number of thiol groups is 1. The second kappa shape index (κ2) is 8.69. The monoisotopic (exact) mass is 483 g/mol. The molecule has 1 amide bonds. The minimum atomic E-state index is -1.41. The summed E-state index contributed by atoms with van der Waals surface area (Å²) in [7, 11) is 0. The number of rotatable bonds is 6. The number of likely N-dealkylation sites (tertiary alicyclic amines) is 1. The smallest absolute Gasteiger partial charge is 0.256 e. The maximum Gasteiger partial charge on any atom is 0.256 e. The molecule has 2 atom stereocenters. The molecule has 1 aromatic carbocycles. The fourth-order valence-electron chi connectivity index (χ4n) is 3.12. The molecule has 2 aromatic rings. The van der Waals surface area contributed by atoms with Crippen LogP contribution in [0.1, 0.15) is 30.1 Å². The molecule has 1 aliphatic rings. The third kappa shape index (κ3) is 4.39. The second-order valence-corrected chi connectivity index (χ2v) is 8.38. The van der Waals surface area contributed by atoms with Gasteiger partial charge in [0.25, 0.3) is 5.91 Å². The average Bonchev–Trinajstić information content (AvgIpc) is 3.20. The summed E-state index contributed by atoms with van der Waals surface area (Å²) in [5, 5.41) is 14.2. The van der Waals surface area contributed by atoms with Gasteiger partial charge in [0.15, 0.2) is 4.87 Å². The van der Waals surface area contributed by atoms with E-state index in [4.69, 9.17) is 0 Å². The zero-order valence-electron chi connectivity index (χ0n) is 14.3. The van der Waals surface area contributed by atoms with Gasteiger partial charge < -0.3 is 10.0 Å². The number of halogens is 1. The molecule has 0 bridgehead atoms. The first-order valence-electron chi connectivity index (χ1n) is 8.60. The van der Waals surface area contributed by atoms with Crippen LogP contribution in [0.5, 0.6) is 0 Å². The summed E-state index contributed by atoms with van der Waals surface area (Å²) >= 11 is 6.93. The molecule has 1 saturated heterocycles. The molecule has 1 aliphatic heterocycles. The third-order valence-corrected chi connectivity index (χ3v) is 5.85. The first-order valence-corrected chi connectivity index (χ1v) is 10.1. The molecule has 0 spiro atoms. The summed E-state index contributed by atoms with van der Waals surface area (Å²) in [6, 6.07) is 11.4. The highest BCUT2D eigenvalue weighted by atomic mass is 127. The Labute approximate surface area is 172 Å². The predicted molar refractivity (Wildman–Crippen MR) is 113 cm³/mol. The summed E-state index contributed by atoms with van der Waals surface area (Å²) in [6.45, 7) is 1.84. The highest BCUT2D eigenvalue weighted by molar-refractivity contribution is 14.1. The van der Waals surface area contributed by atoms with Crippen LogP contribution >= 0.6 is 35.2 Å². The van der Waals surface area contributed by atoms with E-state index in [9.17, 15) is 9.90 Å². The lowest BCUT2D eigenvalue weighted by Crippen LogP contribution is -2.57. The van der Waals surface area contributed by atoms with Gasteiger partial charge in [-0.25, -0.2) is 0 Å². The number of pyridine rings is 1. The topological polar surface area (TPSA) is 65.5 Å². The maximum atomic E-state index is 13.2. The number of carbonyl (C=O) groups is 1. The van der Waals surface area contributed by atoms with Gasteiger partial charge in [0, 0.05) is 35.6 Å². The normalized spacial score (nSPS) is 17.7. The SMILES string of the molecule is O=C(N1CCCC1)[C@](S)(NCc1cccc(I)c1)[C@H](O)c1ccncc1. The number of nitrogens with one attached hydrogen (secondary N) is 1. The Morgan fingerprint density at radius 1 is 1.31 bits per heavy atom. The highest BCUT2D eigenvalue weighted by Gasteiger charge is 2.45.